The van der Waals surface area contributed by atoms with Crippen molar-refractivity contribution in [2.24, 2.45) is 5.41 Å². The van der Waals surface area contributed by atoms with Crippen LogP contribution in [0.1, 0.15) is 24.8 Å². The first-order chi connectivity index (χ1) is 8.90. The number of hydrogen-bond donors (Lipinski definition) is 1. The van der Waals surface area contributed by atoms with E-state index >= 15 is 0 Å². The molecule has 104 valence electrons. The number of carboxylic acid groups (broad SMARTS) is 1. The summed E-state index contributed by atoms with van der Waals surface area (Å²) in [5.41, 5.74) is 0.413. The minimum atomic E-state index is -1.15. The molecule has 0 heterocycles. The maximum atomic E-state index is 13.0. The van der Waals surface area contributed by atoms with Gasteiger partial charge in [-0.15, -0.1) is 0 Å². The third-order valence-electron chi connectivity index (χ3n) is 3.26. The second-order valence-electron chi connectivity index (χ2n) is 5.05. The lowest BCUT2D eigenvalue weighted by molar-refractivity contribution is -0.138. The molecule has 0 aromatic heterocycles. The largest absolute Gasteiger partial charge is 0.481 e. The van der Waals surface area contributed by atoms with Gasteiger partial charge < -0.3 is 5.11 Å². The van der Waals surface area contributed by atoms with Gasteiger partial charge in [0, 0.05) is 22.3 Å². The Morgan fingerprint density at radius 1 is 1.47 bits per heavy atom. The van der Waals surface area contributed by atoms with Crippen LogP contribution in [0.15, 0.2) is 18.2 Å². The first-order valence-electron chi connectivity index (χ1n) is 5.91. The van der Waals surface area contributed by atoms with Crippen molar-refractivity contribution >= 4 is 28.4 Å². The standard InChI is InChI=1S/C13H14ClFO3S/c14-10-5-9(1-2-11(10)15)7-19(18)8-13(3-4-13)6-12(16)17/h1-2,5H,3-4,6-8H2,(H,16,17). The maximum Gasteiger partial charge on any atom is 0.303 e. The summed E-state index contributed by atoms with van der Waals surface area (Å²) in [6, 6.07) is 4.26. The smallest absolute Gasteiger partial charge is 0.303 e. The van der Waals surface area contributed by atoms with Gasteiger partial charge in [0.05, 0.1) is 11.4 Å². The predicted octanol–water partition coefficient (Wildman–Crippen LogP) is 2.98. The zero-order valence-electron chi connectivity index (χ0n) is 10.2. The van der Waals surface area contributed by atoms with Crippen molar-refractivity contribution in [2.75, 3.05) is 5.75 Å². The van der Waals surface area contributed by atoms with Crippen LogP contribution in [0.5, 0.6) is 0 Å². The Labute approximate surface area is 118 Å². The van der Waals surface area contributed by atoms with E-state index in [-0.39, 0.29) is 22.6 Å². The van der Waals surface area contributed by atoms with E-state index in [0.29, 0.717) is 11.3 Å². The summed E-state index contributed by atoms with van der Waals surface area (Å²) in [7, 11) is -1.15. The van der Waals surface area contributed by atoms with Gasteiger partial charge >= 0.3 is 5.97 Å². The Hall–Kier alpha value is -0.940. The van der Waals surface area contributed by atoms with Crippen LogP contribution in [0.4, 0.5) is 4.39 Å². The van der Waals surface area contributed by atoms with E-state index < -0.39 is 22.6 Å². The highest BCUT2D eigenvalue weighted by Gasteiger charge is 2.45. The van der Waals surface area contributed by atoms with Crippen molar-refractivity contribution in [2.45, 2.75) is 25.0 Å². The average molecular weight is 305 g/mol. The molecule has 0 amide bonds. The van der Waals surface area contributed by atoms with E-state index in [9.17, 15) is 13.4 Å². The molecular weight excluding hydrogens is 291 g/mol. The number of carbonyl (C=O) groups is 1. The Morgan fingerprint density at radius 3 is 2.68 bits per heavy atom. The van der Waals surface area contributed by atoms with Gasteiger partial charge in [-0.2, -0.15) is 0 Å². The zero-order chi connectivity index (χ0) is 14.0. The summed E-state index contributed by atoms with van der Waals surface area (Å²) < 4.78 is 25.0. The molecule has 1 saturated carbocycles. The van der Waals surface area contributed by atoms with E-state index in [1.165, 1.54) is 12.1 Å². The number of hydrogen-bond acceptors (Lipinski definition) is 2. The van der Waals surface area contributed by atoms with Gasteiger partial charge in [-0.25, -0.2) is 4.39 Å². The third kappa shape index (κ3) is 4.01. The predicted molar refractivity (Wildman–Crippen MR) is 72.0 cm³/mol. The molecule has 0 spiro atoms. The van der Waals surface area contributed by atoms with E-state index in [1.807, 2.05) is 0 Å². The third-order valence-corrected chi connectivity index (χ3v) is 5.14. The molecule has 0 aliphatic heterocycles. The molecule has 1 unspecified atom stereocenters. The number of aliphatic carboxylic acids is 1. The van der Waals surface area contributed by atoms with Gasteiger partial charge in [-0.1, -0.05) is 17.7 Å². The van der Waals surface area contributed by atoms with Crippen LogP contribution in [-0.4, -0.2) is 21.0 Å². The number of carboxylic acids is 1. The fraction of sp³-hybridized carbons (Fsp3) is 0.462. The van der Waals surface area contributed by atoms with Crippen LogP contribution in [0.3, 0.4) is 0 Å². The Bertz CT molecular complexity index is 529. The highest BCUT2D eigenvalue weighted by molar-refractivity contribution is 7.84. The summed E-state index contributed by atoms with van der Waals surface area (Å²) in [6.07, 6.45) is 1.70. The van der Waals surface area contributed by atoms with Crippen LogP contribution < -0.4 is 0 Å². The van der Waals surface area contributed by atoms with Gasteiger partial charge in [0.15, 0.2) is 0 Å². The van der Waals surface area contributed by atoms with Gasteiger partial charge in [-0.3, -0.25) is 9.00 Å². The first-order valence-corrected chi connectivity index (χ1v) is 7.78. The molecule has 0 radical (unpaired) electrons. The highest BCUT2D eigenvalue weighted by Crippen LogP contribution is 2.49. The molecule has 1 N–H and O–H groups in total. The first kappa shape index (κ1) is 14.5. The fourth-order valence-electron chi connectivity index (χ4n) is 2.08. The molecule has 3 nitrogen and oxygen atoms in total. The summed E-state index contributed by atoms with van der Waals surface area (Å²) >= 11 is 5.66. The Kier molecular flexibility index (Phi) is 4.26. The second-order valence-corrected chi connectivity index (χ2v) is 6.91. The molecule has 1 aliphatic rings. The van der Waals surface area contributed by atoms with E-state index in [4.69, 9.17) is 16.7 Å². The minimum Gasteiger partial charge on any atom is -0.481 e. The zero-order valence-corrected chi connectivity index (χ0v) is 11.8. The van der Waals surface area contributed by atoms with Crippen LogP contribution in [0, 0.1) is 11.2 Å². The highest BCUT2D eigenvalue weighted by atomic mass is 35.5. The van der Waals surface area contributed by atoms with Crippen molar-refractivity contribution in [1.29, 1.82) is 0 Å². The van der Waals surface area contributed by atoms with Crippen molar-refractivity contribution in [3.8, 4) is 0 Å². The van der Waals surface area contributed by atoms with Crippen LogP contribution in [-0.2, 0) is 21.3 Å². The lowest BCUT2D eigenvalue weighted by Gasteiger charge is -2.12. The van der Waals surface area contributed by atoms with Gasteiger partial charge in [0.2, 0.25) is 0 Å². The van der Waals surface area contributed by atoms with Gasteiger partial charge in [0.1, 0.15) is 5.82 Å². The molecule has 1 aromatic carbocycles. The van der Waals surface area contributed by atoms with Crippen molar-refractivity contribution in [3.63, 3.8) is 0 Å². The molecule has 0 saturated heterocycles. The number of halogens is 2. The normalized spacial score (nSPS) is 18.0. The van der Waals surface area contributed by atoms with Crippen LogP contribution >= 0.6 is 11.6 Å². The van der Waals surface area contributed by atoms with E-state index in [0.717, 1.165) is 12.8 Å². The van der Waals surface area contributed by atoms with E-state index in [2.05, 4.69) is 0 Å². The molecule has 1 aromatic rings. The summed E-state index contributed by atoms with van der Waals surface area (Å²) in [6.45, 7) is 0. The molecule has 1 aliphatic carbocycles. The lowest BCUT2D eigenvalue weighted by atomic mass is 10.1. The van der Waals surface area contributed by atoms with Crippen molar-refractivity contribution in [1.82, 2.24) is 0 Å². The quantitative estimate of drug-likeness (QED) is 0.879. The molecule has 1 atom stereocenters. The molecule has 1 fully saturated rings. The maximum absolute atomic E-state index is 13.0. The molecule has 0 bridgehead atoms. The van der Waals surface area contributed by atoms with Crippen molar-refractivity contribution < 1.29 is 18.5 Å². The summed E-state index contributed by atoms with van der Waals surface area (Å²) in [5.74, 6) is -0.685. The number of benzene rings is 1. The monoisotopic (exact) mass is 304 g/mol. The molecule has 19 heavy (non-hydrogen) atoms. The molecule has 6 heteroatoms. The Morgan fingerprint density at radius 2 is 2.16 bits per heavy atom. The van der Waals surface area contributed by atoms with Crippen LogP contribution in [0.2, 0.25) is 5.02 Å². The topological polar surface area (TPSA) is 54.4 Å². The lowest BCUT2D eigenvalue weighted by Crippen LogP contribution is -2.17. The SMILES string of the molecule is O=C(O)CC1(CS(=O)Cc2ccc(F)c(Cl)c2)CC1. The molecular formula is C13H14ClFO3S. The van der Waals surface area contributed by atoms with Crippen molar-refractivity contribution in [3.05, 3.63) is 34.6 Å². The van der Waals surface area contributed by atoms with Gasteiger partial charge in [0.25, 0.3) is 0 Å². The van der Waals surface area contributed by atoms with Crippen LogP contribution in [0.25, 0.3) is 0 Å². The average Bonchev–Trinajstić information content (AvgIpc) is 3.01. The fourth-order valence-corrected chi connectivity index (χ4v) is 4.01. The van der Waals surface area contributed by atoms with Gasteiger partial charge in [-0.05, 0) is 36.0 Å². The summed E-state index contributed by atoms with van der Waals surface area (Å²) in [5, 5.41) is 8.82. The second kappa shape index (κ2) is 5.59. The molecule has 2 rings (SSSR count). The minimum absolute atomic E-state index is 0.0150. The van der Waals surface area contributed by atoms with E-state index in [1.54, 1.807) is 6.07 Å². The Balaban J connectivity index is 1.94. The summed E-state index contributed by atoms with van der Waals surface area (Å²) in [4.78, 5) is 10.7. The number of rotatable bonds is 6.